The summed E-state index contributed by atoms with van der Waals surface area (Å²) in [6.07, 6.45) is 3.47. The van der Waals surface area contributed by atoms with Gasteiger partial charge in [0, 0.05) is 19.2 Å². The highest BCUT2D eigenvalue weighted by molar-refractivity contribution is 6.42. The number of rotatable bonds is 3. The molecule has 2 rings (SSSR count). The maximum Gasteiger partial charge on any atom is 0.308 e. The van der Waals surface area contributed by atoms with Crippen LogP contribution in [0.2, 0.25) is 10.0 Å². The summed E-state index contributed by atoms with van der Waals surface area (Å²) in [5.41, 5.74) is 0.654. The first-order valence-corrected chi connectivity index (χ1v) is 6.88. The first kappa shape index (κ1) is 14.9. The highest BCUT2D eigenvalue weighted by atomic mass is 35.5. The molecule has 1 heterocycles. The topological polar surface area (TPSA) is 57.6 Å². The summed E-state index contributed by atoms with van der Waals surface area (Å²) >= 11 is 11.9. The van der Waals surface area contributed by atoms with Gasteiger partial charge in [-0.2, -0.15) is 0 Å². The third kappa shape index (κ3) is 3.32. The van der Waals surface area contributed by atoms with Gasteiger partial charge in [0.25, 0.3) is 0 Å². The van der Waals surface area contributed by atoms with Gasteiger partial charge in [0.1, 0.15) is 0 Å². The van der Waals surface area contributed by atoms with Crippen LogP contribution in [-0.2, 0) is 9.59 Å². The van der Waals surface area contributed by atoms with Gasteiger partial charge in [-0.3, -0.25) is 9.59 Å². The predicted molar refractivity (Wildman–Crippen MR) is 77.8 cm³/mol. The molecule has 20 heavy (non-hydrogen) atoms. The zero-order valence-electron chi connectivity index (χ0n) is 10.6. The second-order valence-electron chi connectivity index (χ2n) is 4.58. The summed E-state index contributed by atoms with van der Waals surface area (Å²) in [7, 11) is 0. The number of carboxylic acids is 1. The minimum atomic E-state index is -0.859. The molecule has 1 N–H and O–H groups in total. The Kier molecular flexibility index (Phi) is 4.68. The molecule has 4 nitrogen and oxygen atoms in total. The summed E-state index contributed by atoms with van der Waals surface area (Å²) in [6.45, 7) is 0.713. The lowest BCUT2D eigenvalue weighted by atomic mass is 10.1. The summed E-state index contributed by atoms with van der Waals surface area (Å²) in [5.74, 6) is -1.55. The number of halogens is 2. The van der Waals surface area contributed by atoms with Crippen LogP contribution >= 0.6 is 23.2 Å². The van der Waals surface area contributed by atoms with Gasteiger partial charge in [-0.1, -0.05) is 35.3 Å². The first-order valence-electron chi connectivity index (χ1n) is 6.13. The molecule has 1 atom stereocenters. The van der Waals surface area contributed by atoms with Gasteiger partial charge in [0.05, 0.1) is 16.0 Å². The van der Waals surface area contributed by atoms with Crippen LogP contribution in [0, 0.1) is 5.92 Å². The van der Waals surface area contributed by atoms with E-state index in [1.54, 1.807) is 24.3 Å². The summed E-state index contributed by atoms with van der Waals surface area (Å²) in [5, 5.41) is 9.72. The molecule has 1 aromatic carbocycles. The number of likely N-dealkylation sites (tertiary alicyclic amines) is 1. The Morgan fingerprint density at radius 1 is 1.35 bits per heavy atom. The van der Waals surface area contributed by atoms with E-state index in [0.29, 0.717) is 28.6 Å². The van der Waals surface area contributed by atoms with Crippen molar-refractivity contribution in [2.75, 3.05) is 13.1 Å². The molecule has 0 spiro atoms. The molecule has 1 aromatic rings. The highest BCUT2D eigenvalue weighted by Gasteiger charge is 2.29. The van der Waals surface area contributed by atoms with Crippen LogP contribution in [0.15, 0.2) is 24.3 Å². The monoisotopic (exact) mass is 313 g/mol. The van der Waals surface area contributed by atoms with Crippen LogP contribution in [-0.4, -0.2) is 35.0 Å². The van der Waals surface area contributed by atoms with Crippen molar-refractivity contribution in [3.8, 4) is 0 Å². The molecule has 0 aromatic heterocycles. The zero-order valence-corrected chi connectivity index (χ0v) is 12.1. The Bertz CT molecular complexity index is 572. The van der Waals surface area contributed by atoms with Gasteiger partial charge in [0.15, 0.2) is 0 Å². The standard InChI is InChI=1S/C14H13Cl2NO3/c15-11-3-1-2-9(13(11)16)4-5-12(18)17-7-6-10(8-17)14(19)20/h1-5,10H,6-8H2,(H,19,20)/b5-4+. The number of carbonyl (C=O) groups excluding carboxylic acids is 1. The van der Waals surface area contributed by atoms with Crippen molar-refractivity contribution in [2.24, 2.45) is 5.92 Å². The predicted octanol–water partition coefficient (Wildman–Crippen LogP) is 2.94. The Balaban J connectivity index is 2.03. The van der Waals surface area contributed by atoms with E-state index in [1.807, 2.05) is 0 Å². The van der Waals surface area contributed by atoms with E-state index in [0.717, 1.165) is 0 Å². The average Bonchev–Trinajstić information content (AvgIpc) is 2.90. The average molecular weight is 314 g/mol. The van der Waals surface area contributed by atoms with Crippen LogP contribution in [0.1, 0.15) is 12.0 Å². The third-order valence-corrected chi connectivity index (χ3v) is 4.07. The second-order valence-corrected chi connectivity index (χ2v) is 5.37. The van der Waals surface area contributed by atoms with Crippen LogP contribution in [0.25, 0.3) is 6.08 Å². The minimum Gasteiger partial charge on any atom is -0.481 e. The number of hydrogen-bond donors (Lipinski definition) is 1. The lowest BCUT2D eigenvalue weighted by Gasteiger charge is -2.12. The fraction of sp³-hybridized carbons (Fsp3) is 0.286. The maximum atomic E-state index is 12.0. The minimum absolute atomic E-state index is 0.218. The molecule has 6 heteroatoms. The molecule has 106 valence electrons. The van der Waals surface area contributed by atoms with Crippen molar-refractivity contribution in [3.63, 3.8) is 0 Å². The number of amides is 1. The van der Waals surface area contributed by atoms with Crippen molar-refractivity contribution in [3.05, 3.63) is 39.9 Å². The quantitative estimate of drug-likeness (QED) is 0.873. The van der Waals surface area contributed by atoms with Gasteiger partial charge in [-0.05, 0) is 24.1 Å². The van der Waals surface area contributed by atoms with E-state index in [4.69, 9.17) is 28.3 Å². The van der Waals surface area contributed by atoms with Gasteiger partial charge in [-0.25, -0.2) is 0 Å². The fourth-order valence-corrected chi connectivity index (χ4v) is 2.45. The summed E-state index contributed by atoms with van der Waals surface area (Å²) in [6, 6.07) is 5.16. The van der Waals surface area contributed by atoms with Gasteiger partial charge in [0.2, 0.25) is 5.91 Å². The molecular formula is C14H13Cl2NO3. The second kappa shape index (κ2) is 6.29. The molecule has 1 fully saturated rings. The van der Waals surface area contributed by atoms with Crippen molar-refractivity contribution in [1.82, 2.24) is 4.90 Å². The normalized spacial score (nSPS) is 18.7. The van der Waals surface area contributed by atoms with E-state index in [-0.39, 0.29) is 12.5 Å². The Labute approximate surface area is 126 Å². The fourth-order valence-electron chi connectivity index (χ4n) is 2.08. The smallest absolute Gasteiger partial charge is 0.308 e. The summed E-state index contributed by atoms with van der Waals surface area (Å²) in [4.78, 5) is 24.3. The van der Waals surface area contributed by atoms with Crippen molar-refractivity contribution >= 4 is 41.2 Å². The molecule has 1 aliphatic heterocycles. The van der Waals surface area contributed by atoms with Crippen molar-refractivity contribution in [2.45, 2.75) is 6.42 Å². The number of aliphatic carboxylic acids is 1. The molecular weight excluding hydrogens is 301 g/mol. The molecule has 1 amide bonds. The van der Waals surface area contributed by atoms with Crippen molar-refractivity contribution < 1.29 is 14.7 Å². The van der Waals surface area contributed by atoms with E-state index >= 15 is 0 Å². The third-order valence-electron chi connectivity index (χ3n) is 3.24. The van der Waals surface area contributed by atoms with Crippen molar-refractivity contribution in [1.29, 1.82) is 0 Å². The molecule has 1 unspecified atom stereocenters. The van der Waals surface area contributed by atoms with Crippen LogP contribution in [0.4, 0.5) is 0 Å². The molecule has 0 radical (unpaired) electrons. The molecule has 1 saturated heterocycles. The largest absolute Gasteiger partial charge is 0.481 e. The maximum absolute atomic E-state index is 12.0. The van der Waals surface area contributed by atoms with E-state index in [1.165, 1.54) is 11.0 Å². The van der Waals surface area contributed by atoms with Crippen LogP contribution in [0.3, 0.4) is 0 Å². The number of carbonyl (C=O) groups is 2. The highest BCUT2D eigenvalue weighted by Crippen LogP contribution is 2.26. The zero-order chi connectivity index (χ0) is 14.7. The number of benzene rings is 1. The van der Waals surface area contributed by atoms with E-state index in [2.05, 4.69) is 0 Å². The van der Waals surface area contributed by atoms with Gasteiger partial charge < -0.3 is 10.0 Å². The van der Waals surface area contributed by atoms with E-state index in [9.17, 15) is 9.59 Å². The van der Waals surface area contributed by atoms with E-state index < -0.39 is 11.9 Å². The van der Waals surface area contributed by atoms with Gasteiger partial charge >= 0.3 is 5.97 Å². The number of hydrogen-bond acceptors (Lipinski definition) is 2. The number of carboxylic acid groups (broad SMARTS) is 1. The lowest BCUT2D eigenvalue weighted by Crippen LogP contribution is -2.28. The lowest BCUT2D eigenvalue weighted by molar-refractivity contribution is -0.141. The first-order chi connectivity index (χ1) is 9.49. The molecule has 1 aliphatic rings. The van der Waals surface area contributed by atoms with Gasteiger partial charge in [-0.15, -0.1) is 0 Å². The molecule has 0 aliphatic carbocycles. The Morgan fingerprint density at radius 2 is 2.10 bits per heavy atom. The molecule has 0 saturated carbocycles. The van der Waals surface area contributed by atoms with Crippen LogP contribution < -0.4 is 0 Å². The molecule has 0 bridgehead atoms. The Hall–Kier alpha value is -1.52. The SMILES string of the molecule is O=C(O)C1CCN(C(=O)/C=C/c2cccc(Cl)c2Cl)C1. The Morgan fingerprint density at radius 3 is 2.75 bits per heavy atom. The summed E-state index contributed by atoms with van der Waals surface area (Å²) < 4.78 is 0. The number of nitrogens with zero attached hydrogens (tertiary/aromatic N) is 1. The van der Waals surface area contributed by atoms with Crippen LogP contribution in [0.5, 0.6) is 0 Å².